The molecule has 1 heterocycles. The number of aryl methyl sites for hydroxylation is 1. The second-order valence-corrected chi connectivity index (χ2v) is 9.12. The summed E-state index contributed by atoms with van der Waals surface area (Å²) in [5, 5.41) is 6.85. The summed E-state index contributed by atoms with van der Waals surface area (Å²) in [6.45, 7) is 6.05. The molecule has 3 rings (SSSR count). The molecule has 1 aromatic carbocycles. The Bertz CT molecular complexity index is 914. The summed E-state index contributed by atoms with van der Waals surface area (Å²) < 4.78 is 0. The molecule has 1 aromatic rings. The number of amides is 5. The van der Waals surface area contributed by atoms with Gasteiger partial charge < -0.3 is 10.6 Å². The zero-order valence-electron chi connectivity index (χ0n) is 18.7. The van der Waals surface area contributed by atoms with Gasteiger partial charge in [-0.05, 0) is 62.8 Å². The molecule has 5 amide bonds. The quantitative estimate of drug-likeness (QED) is 0.538. The van der Waals surface area contributed by atoms with Crippen LogP contribution >= 0.6 is 11.6 Å². The van der Waals surface area contributed by atoms with E-state index in [-0.39, 0.29) is 19.0 Å². The lowest BCUT2D eigenvalue weighted by Crippen LogP contribution is -2.53. The molecule has 2 fully saturated rings. The summed E-state index contributed by atoms with van der Waals surface area (Å²) >= 11 is 5.99. The van der Waals surface area contributed by atoms with E-state index in [0.29, 0.717) is 36.0 Å². The van der Waals surface area contributed by atoms with Crippen LogP contribution in [0.1, 0.15) is 45.1 Å². The molecule has 0 atom stereocenters. The first-order valence-electron chi connectivity index (χ1n) is 10.9. The van der Waals surface area contributed by atoms with E-state index in [4.69, 9.17) is 11.6 Å². The number of hydrogen-bond acceptors (Lipinski definition) is 5. The van der Waals surface area contributed by atoms with Gasteiger partial charge in [-0.3, -0.25) is 24.7 Å². The Hall–Kier alpha value is -2.65. The first-order chi connectivity index (χ1) is 15.1. The van der Waals surface area contributed by atoms with Gasteiger partial charge in [0.1, 0.15) is 5.54 Å². The van der Waals surface area contributed by atoms with E-state index >= 15 is 0 Å². The smallest absolute Gasteiger partial charge is 0.325 e. The lowest BCUT2D eigenvalue weighted by molar-refractivity contribution is -0.140. The number of nitrogens with zero attached hydrogens (tertiary/aromatic N) is 2. The third kappa shape index (κ3) is 5.39. The van der Waals surface area contributed by atoms with Crippen molar-refractivity contribution in [1.82, 2.24) is 20.7 Å². The van der Waals surface area contributed by atoms with E-state index in [1.165, 1.54) is 0 Å². The number of carbonyl (C=O) groups excluding carboxylic acids is 4. The highest BCUT2D eigenvalue weighted by molar-refractivity contribution is 6.31. The van der Waals surface area contributed by atoms with Gasteiger partial charge in [-0.25, -0.2) is 4.79 Å². The highest BCUT2D eigenvalue weighted by Crippen LogP contribution is 2.35. The summed E-state index contributed by atoms with van der Waals surface area (Å²) in [6.07, 6.45) is 2.82. The van der Waals surface area contributed by atoms with Crippen LogP contribution in [-0.2, 0) is 14.4 Å². The fraction of sp³-hybridized carbons (Fsp3) is 0.545. The molecule has 1 spiro atoms. The molecule has 0 radical (unpaired) electrons. The number of rotatable bonds is 7. The lowest BCUT2D eigenvalue weighted by Gasteiger charge is -2.33. The highest BCUT2D eigenvalue weighted by Gasteiger charge is 2.52. The average molecular weight is 464 g/mol. The standard InChI is InChI=1S/C22H30ClN5O4/c1-4-27(12-18(29)24-17-11-16(23)6-5-15(17)3)13-19(30)26-28-20(31)22(25-21(28)32)9-7-14(2)8-10-22/h5-6,11,14H,4,7-10,12-13H2,1-3H3,(H,24,29)(H,25,32)(H,26,30). The first kappa shape index (κ1) is 24.0. The maximum absolute atomic E-state index is 12.9. The molecular weight excluding hydrogens is 434 g/mol. The Morgan fingerprint density at radius 3 is 2.53 bits per heavy atom. The molecular formula is C22H30ClN5O4. The van der Waals surface area contributed by atoms with Crippen molar-refractivity contribution in [2.45, 2.75) is 52.0 Å². The molecule has 0 bridgehead atoms. The highest BCUT2D eigenvalue weighted by atomic mass is 35.5. The minimum absolute atomic E-state index is 0.0299. The van der Waals surface area contributed by atoms with Crippen LogP contribution in [0.5, 0.6) is 0 Å². The number of urea groups is 1. The summed E-state index contributed by atoms with van der Waals surface area (Å²) in [5.41, 5.74) is 2.96. The molecule has 10 heteroatoms. The van der Waals surface area contributed by atoms with Crippen molar-refractivity contribution in [2.24, 2.45) is 5.92 Å². The van der Waals surface area contributed by atoms with Crippen molar-refractivity contribution in [3.05, 3.63) is 28.8 Å². The number of likely N-dealkylation sites (N-methyl/N-ethyl adjacent to an activating group) is 1. The molecule has 1 aliphatic heterocycles. The Morgan fingerprint density at radius 2 is 1.88 bits per heavy atom. The number of anilines is 1. The Kier molecular flexibility index (Phi) is 7.40. The summed E-state index contributed by atoms with van der Waals surface area (Å²) in [6, 6.07) is 4.59. The predicted octanol–water partition coefficient (Wildman–Crippen LogP) is 2.44. The van der Waals surface area contributed by atoms with Crippen molar-refractivity contribution < 1.29 is 19.2 Å². The number of nitrogens with one attached hydrogen (secondary N) is 3. The maximum atomic E-state index is 12.9. The molecule has 0 unspecified atom stereocenters. The molecule has 1 aliphatic carbocycles. The minimum atomic E-state index is -0.921. The van der Waals surface area contributed by atoms with E-state index in [9.17, 15) is 19.2 Å². The largest absolute Gasteiger partial charge is 0.344 e. The normalized spacial score (nSPS) is 22.9. The Balaban J connectivity index is 1.55. The molecule has 1 saturated carbocycles. The third-order valence-electron chi connectivity index (χ3n) is 6.18. The number of hydrogen-bond donors (Lipinski definition) is 3. The molecule has 1 saturated heterocycles. The molecule has 2 aliphatic rings. The zero-order chi connectivity index (χ0) is 23.5. The number of imide groups is 1. The van der Waals surface area contributed by atoms with Crippen molar-refractivity contribution in [2.75, 3.05) is 25.0 Å². The predicted molar refractivity (Wildman–Crippen MR) is 121 cm³/mol. The Morgan fingerprint density at radius 1 is 1.22 bits per heavy atom. The molecule has 3 N–H and O–H groups in total. The summed E-state index contributed by atoms with van der Waals surface area (Å²) in [7, 11) is 0. The topological polar surface area (TPSA) is 111 Å². The number of halogens is 1. The van der Waals surface area contributed by atoms with Gasteiger partial charge in [0, 0.05) is 10.7 Å². The van der Waals surface area contributed by atoms with Gasteiger partial charge in [-0.1, -0.05) is 31.5 Å². The van der Waals surface area contributed by atoms with Gasteiger partial charge in [0.05, 0.1) is 13.1 Å². The number of carbonyl (C=O) groups is 4. The van der Waals surface area contributed by atoms with Crippen LogP contribution in [0.4, 0.5) is 10.5 Å². The van der Waals surface area contributed by atoms with Crippen LogP contribution < -0.4 is 16.1 Å². The van der Waals surface area contributed by atoms with Crippen LogP contribution in [0.15, 0.2) is 18.2 Å². The second kappa shape index (κ2) is 9.87. The first-order valence-corrected chi connectivity index (χ1v) is 11.3. The van der Waals surface area contributed by atoms with Gasteiger partial charge in [-0.2, -0.15) is 5.01 Å². The molecule has 32 heavy (non-hydrogen) atoms. The fourth-order valence-corrected chi connectivity index (χ4v) is 4.25. The SMILES string of the molecule is CCN(CC(=O)Nc1cc(Cl)ccc1C)CC(=O)NN1C(=O)NC2(CCC(C)CC2)C1=O. The van der Waals surface area contributed by atoms with Gasteiger partial charge in [0.15, 0.2) is 0 Å². The van der Waals surface area contributed by atoms with Crippen molar-refractivity contribution in [1.29, 1.82) is 0 Å². The second-order valence-electron chi connectivity index (χ2n) is 8.68. The molecule has 9 nitrogen and oxygen atoms in total. The van der Waals surface area contributed by atoms with Crippen molar-refractivity contribution in [3.8, 4) is 0 Å². The van der Waals surface area contributed by atoms with Gasteiger partial charge >= 0.3 is 6.03 Å². The monoisotopic (exact) mass is 463 g/mol. The van der Waals surface area contributed by atoms with E-state index in [1.807, 2.05) is 13.8 Å². The fourth-order valence-electron chi connectivity index (χ4n) is 4.08. The van der Waals surface area contributed by atoms with Crippen LogP contribution in [0.2, 0.25) is 5.02 Å². The lowest BCUT2D eigenvalue weighted by atomic mass is 9.77. The zero-order valence-corrected chi connectivity index (χ0v) is 19.4. The van der Waals surface area contributed by atoms with E-state index in [0.717, 1.165) is 23.4 Å². The van der Waals surface area contributed by atoms with E-state index < -0.39 is 23.4 Å². The summed E-state index contributed by atoms with van der Waals surface area (Å²) in [5.74, 6) is -0.743. The van der Waals surface area contributed by atoms with Gasteiger partial charge in [0.2, 0.25) is 5.91 Å². The molecule has 174 valence electrons. The average Bonchev–Trinajstić information content (AvgIpc) is 2.96. The van der Waals surface area contributed by atoms with Crippen molar-refractivity contribution >= 4 is 41.0 Å². The van der Waals surface area contributed by atoms with Crippen molar-refractivity contribution in [3.63, 3.8) is 0 Å². The summed E-state index contributed by atoms with van der Waals surface area (Å²) in [4.78, 5) is 51.8. The van der Waals surface area contributed by atoms with Crippen LogP contribution in [-0.4, -0.2) is 58.8 Å². The third-order valence-corrected chi connectivity index (χ3v) is 6.42. The number of hydrazine groups is 1. The van der Waals surface area contributed by atoms with E-state index in [1.54, 1.807) is 23.1 Å². The van der Waals surface area contributed by atoms with E-state index in [2.05, 4.69) is 23.0 Å². The van der Waals surface area contributed by atoms with Crippen LogP contribution in [0, 0.1) is 12.8 Å². The molecule has 0 aromatic heterocycles. The number of benzene rings is 1. The maximum Gasteiger partial charge on any atom is 0.344 e. The van der Waals surface area contributed by atoms with Crippen LogP contribution in [0.25, 0.3) is 0 Å². The Labute approximate surface area is 192 Å². The van der Waals surface area contributed by atoms with Crippen LogP contribution in [0.3, 0.4) is 0 Å². The van der Waals surface area contributed by atoms with Gasteiger partial charge in [-0.15, -0.1) is 0 Å². The minimum Gasteiger partial charge on any atom is -0.325 e. The van der Waals surface area contributed by atoms with Gasteiger partial charge in [0.25, 0.3) is 11.8 Å².